The van der Waals surface area contributed by atoms with E-state index in [4.69, 9.17) is 14.2 Å². The molecule has 152 valence electrons. The molecule has 0 fully saturated rings. The van der Waals surface area contributed by atoms with Gasteiger partial charge in [0.1, 0.15) is 5.75 Å². The van der Waals surface area contributed by atoms with Crippen LogP contribution in [-0.4, -0.2) is 35.6 Å². The third kappa shape index (κ3) is 5.23. The van der Waals surface area contributed by atoms with Crippen molar-refractivity contribution in [1.29, 1.82) is 0 Å². The number of hydrogen-bond donors (Lipinski definition) is 1. The summed E-state index contributed by atoms with van der Waals surface area (Å²) < 4.78 is 20.7. The van der Waals surface area contributed by atoms with E-state index < -0.39 is 0 Å². The first-order valence-electron chi connectivity index (χ1n) is 9.15. The number of rotatable bonds is 8. The summed E-state index contributed by atoms with van der Waals surface area (Å²) in [6, 6.07) is 11.2. The van der Waals surface area contributed by atoms with Gasteiger partial charge in [0.2, 0.25) is 5.13 Å². The minimum absolute atomic E-state index is 0.103. The number of methoxy groups -OCH3 is 1. The van der Waals surface area contributed by atoms with E-state index in [1.807, 2.05) is 57.2 Å². The van der Waals surface area contributed by atoms with Crippen molar-refractivity contribution in [2.24, 2.45) is 0 Å². The molecule has 2 aromatic carbocycles. The smallest absolute Gasteiger partial charge is 0.264 e. The van der Waals surface area contributed by atoms with Crippen LogP contribution in [0.3, 0.4) is 0 Å². The molecule has 1 aromatic heterocycles. The molecule has 0 radical (unpaired) electrons. The number of nitrogens with one attached hydrogen (secondary N) is 1. The van der Waals surface area contributed by atoms with E-state index in [1.54, 1.807) is 7.11 Å². The quantitative estimate of drug-likeness (QED) is 0.595. The van der Waals surface area contributed by atoms with Crippen LogP contribution in [0.15, 0.2) is 36.4 Å². The van der Waals surface area contributed by atoms with Gasteiger partial charge in [-0.3, -0.25) is 10.1 Å². The Morgan fingerprint density at radius 2 is 1.90 bits per heavy atom. The highest BCUT2D eigenvalue weighted by Gasteiger charge is 2.13. The molecule has 1 N–H and O–H groups in total. The van der Waals surface area contributed by atoms with Gasteiger partial charge in [0.05, 0.1) is 13.7 Å². The maximum atomic E-state index is 12.2. The molecule has 0 saturated heterocycles. The Morgan fingerprint density at radius 3 is 2.62 bits per heavy atom. The van der Waals surface area contributed by atoms with Gasteiger partial charge in [-0.25, -0.2) is 0 Å². The molecule has 0 aliphatic carbocycles. The van der Waals surface area contributed by atoms with Crippen molar-refractivity contribution in [2.75, 3.05) is 25.6 Å². The molecule has 0 bridgehead atoms. The van der Waals surface area contributed by atoms with Gasteiger partial charge in [-0.1, -0.05) is 6.07 Å². The van der Waals surface area contributed by atoms with Gasteiger partial charge in [-0.2, -0.15) is 9.36 Å². The van der Waals surface area contributed by atoms with Crippen LogP contribution in [0.4, 0.5) is 5.13 Å². The molecular weight excluding hydrogens is 390 g/mol. The molecule has 0 aliphatic rings. The second-order valence-electron chi connectivity index (χ2n) is 6.30. The number of ether oxygens (including phenoxy) is 3. The Morgan fingerprint density at radius 1 is 1.07 bits per heavy atom. The van der Waals surface area contributed by atoms with Crippen LogP contribution in [0.5, 0.6) is 17.2 Å². The number of carbonyl (C=O) groups is 1. The van der Waals surface area contributed by atoms with Crippen LogP contribution in [-0.2, 0) is 4.79 Å². The van der Waals surface area contributed by atoms with Crippen molar-refractivity contribution < 1.29 is 19.0 Å². The molecule has 0 aliphatic heterocycles. The number of amides is 1. The lowest BCUT2D eigenvalue weighted by Crippen LogP contribution is -2.20. The lowest BCUT2D eigenvalue weighted by Gasteiger charge is -2.09. The number of aromatic nitrogens is 2. The fraction of sp³-hybridized carbons (Fsp3) is 0.286. The molecule has 1 amide bonds. The summed E-state index contributed by atoms with van der Waals surface area (Å²) in [5.74, 6) is 2.12. The molecule has 0 atom stereocenters. The van der Waals surface area contributed by atoms with Crippen LogP contribution in [0.1, 0.15) is 18.1 Å². The minimum Gasteiger partial charge on any atom is -0.493 e. The molecule has 3 aromatic rings. The van der Waals surface area contributed by atoms with Crippen LogP contribution >= 0.6 is 11.5 Å². The average Bonchev–Trinajstić information content (AvgIpc) is 3.18. The number of anilines is 1. The molecule has 29 heavy (non-hydrogen) atoms. The summed E-state index contributed by atoms with van der Waals surface area (Å²) in [5.41, 5.74) is 3.06. The second-order valence-corrected chi connectivity index (χ2v) is 7.06. The fourth-order valence-corrected chi connectivity index (χ4v) is 3.19. The molecule has 0 unspecified atom stereocenters. The van der Waals surface area contributed by atoms with Crippen molar-refractivity contribution in [3.8, 4) is 28.6 Å². The Labute approximate surface area is 173 Å². The van der Waals surface area contributed by atoms with Crippen LogP contribution in [0.25, 0.3) is 11.4 Å². The van der Waals surface area contributed by atoms with Gasteiger partial charge < -0.3 is 14.2 Å². The Kier molecular flexibility index (Phi) is 6.66. The van der Waals surface area contributed by atoms with E-state index in [2.05, 4.69) is 14.7 Å². The number of aryl methyl sites for hydroxylation is 2. The second kappa shape index (κ2) is 9.38. The zero-order valence-electron chi connectivity index (χ0n) is 16.8. The molecule has 1 heterocycles. The van der Waals surface area contributed by atoms with Crippen molar-refractivity contribution >= 4 is 22.6 Å². The lowest BCUT2D eigenvalue weighted by molar-refractivity contribution is -0.118. The van der Waals surface area contributed by atoms with Gasteiger partial charge in [0.25, 0.3) is 5.91 Å². The highest BCUT2D eigenvalue weighted by molar-refractivity contribution is 7.10. The predicted molar refractivity (Wildman–Crippen MR) is 113 cm³/mol. The highest BCUT2D eigenvalue weighted by atomic mass is 32.1. The van der Waals surface area contributed by atoms with E-state index in [9.17, 15) is 4.79 Å². The van der Waals surface area contributed by atoms with Crippen LogP contribution in [0, 0.1) is 13.8 Å². The lowest BCUT2D eigenvalue weighted by atomic mass is 10.1. The SMILES string of the molecule is CCOc1ccc(-c2nsc(NC(=O)COc3ccc(C)c(C)c3)n2)cc1OC. The van der Waals surface area contributed by atoms with Gasteiger partial charge >= 0.3 is 0 Å². The maximum Gasteiger partial charge on any atom is 0.264 e. The summed E-state index contributed by atoms with van der Waals surface area (Å²) in [6.45, 7) is 6.38. The summed E-state index contributed by atoms with van der Waals surface area (Å²) >= 11 is 1.11. The minimum atomic E-state index is -0.296. The summed E-state index contributed by atoms with van der Waals surface area (Å²) in [4.78, 5) is 16.5. The topological polar surface area (TPSA) is 82.6 Å². The first kappa shape index (κ1) is 20.6. The number of hydrogen-bond acceptors (Lipinski definition) is 7. The average molecular weight is 413 g/mol. The van der Waals surface area contributed by atoms with Crippen LogP contribution < -0.4 is 19.5 Å². The zero-order chi connectivity index (χ0) is 20.8. The summed E-state index contributed by atoms with van der Waals surface area (Å²) in [7, 11) is 1.58. The van der Waals surface area contributed by atoms with Gasteiger partial charge in [0.15, 0.2) is 23.9 Å². The molecule has 7 nitrogen and oxygen atoms in total. The first-order valence-corrected chi connectivity index (χ1v) is 9.92. The fourth-order valence-electron chi connectivity index (χ4n) is 2.58. The van der Waals surface area contributed by atoms with Crippen molar-refractivity contribution in [3.05, 3.63) is 47.5 Å². The number of benzene rings is 2. The zero-order valence-corrected chi connectivity index (χ0v) is 17.6. The van der Waals surface area contributed by atoms with Crippen molar-refractivity contribution in [1.82, 2.24) is 9.36 Å². The normalized spacial score (nSPS) is 10.5. The molecule has 3 rings (SSSR count). The standard InChI is InChI=1S/C21H23N3O4S/c1-5-27-17-9-7-15(11-18(17)26-4)20-23-21(29-24-20)22-19(25)12-28-16-8-6-13(2)14(3)10-16/h6-11H,5,12H2,1-4H3,(H,22,23,24,25). The predicted octanol–water partition coefficient (Wildman–Crippen LogP) is 4.25. The van der Waals surface area contributed by atoms with Crippen molar-refractivity contribution in [2.45, 2.75) is 20.8 Å². The maximum absolute atomic E-state index is 12.2. The third-order valence-electron chi connectivity index (χ3n) is 4.24. The molecule has 0 spiro atoms. The van der Waals surface area contributed by atoms with Gasteiger partial charge in [-0.05, 0) is 62.2 Å². The van der Waals surface area contributed by atoms with E-state index in [0.29, 0.717) is 34.8 Å². The number of nitrogens with zero attached hydrogens (tertiary/aromatic N) is 2. The Bertz CT molecular complexity index is 1000. The van der Waals surface area contributed by atoms with E-state index in [0.717, 1.165) is 22.7 Å². The highest BCUT2D eigenvalue weighted by Crippen LogP contribution is 2.32. The first-order chi connectivity index (χ1) is 14.0. The Hall–Kier alpha value is -3.13. The van der Waals surface area contributed by atoms with Gasteiger partial charge in [-0.15, -0.1) is 0 Å². The molecule has 0 saturated carbocycles. The summed E-state index contributed by atoms with van der Waals surface area (Å²) in [5, 5.41) is 3.12. The molecule has 8 heteroatoms. The largest absolute Gasteiger partial charge is 0.493 e. The van der Waals surface area contributed by atoms with Crippen LogP contribution in [0.2, 0.25) is 0 Å². The van der Waals surface area contributed by atoms with E-state index in [-0.39, 0.29) is 12.5 Å². The van der Waals surface area contributed by atoms with Gasteiger partial charge in [0, 0.05) is 17.1 Å². The monoisotopic (exact) mass is 413 g/mol. The van der Waals surface area contributed by atoms with E-state index in [1.165, 1.54) is 5.56 Å². The van der Waals surface area contributed by atoms with Crippen molar-refractivity contribution in [3.63, 3.8) is 0 Å². The van der Waals surface area contributed by atoms with E-state index >= 15 is 0 Å². The Balaban J connectivity index is 1.62. The molecular formula is C21H23N3O4S. The number of carbonyl (C=O) groups excluding carboxylic acids is 1. The summed E-state index contributed by atoms with van der Waals surface area (Å²) in [6.07, 6.45) is 0. The third-order valence-corrected chi connectivity index (χ3v) is 4.87.